The average molecular weight is 334 g/mol. The summed E-state index contributed by atoms with van der Waals surface area (Å²) in [5.74, 6) is 1.21. The number of nitrogens with zero attached hydrogens (tertiary/aromatic N) is 4. The predicted molar refractivity (Wildman–Crippen MR) is 88.6 cm³/mol. The molecule has 1 amide bonds. The molecule has 4 rings (SSSR count). The van der Waals surface area contributed by atoms with Crippen LogP contribution in [0.15, 0.2) is 36.5 Å². The molecule has 1 aromatic heterocycles. The van der Waals surface area contributed by atoms with Crippen molar-refractivity contribution < 1.29 is 4.79 Å². The summed E-state index contributed by atoms with van der Waals surface area (Å²) >= 11 is 0. The predicted octanol–water partition coefficient (Wildman–Crippen LogP) is 1.04. The number of rotatable bonds is 3. The molecule has 0 unspecified atom stereocenters. The highest BCUT2D eigenvalue weighted by Crippen LogP contribution is 2.27. The highest BCUT2D eigenvalue weighted by Gasteiger charge is 2.38. The second-order valence-electron chi connectivity index (χ2n) is 6.18. The third-order valence-electron chi connectivity index (χ3n) is 4.62. The molecule has 23 heavy (non-hydrogen) atoms. The zero-order valence-electron chi connectivity index (χ0n) is 12.8. The first kappa shape index (κ1) is 16.0. The van der Waals surface area contributed by atoms with E-state index in [1.165, 1.54) is 0 Å². The topological polar surface area (TPSA) is 63.1 Å². The van der Waals surface area contributed by atoms with Crippen molar-refractivity contribution in [3.63, 3.8) is 0 Å². The summed E-state index contributed by atoms with van der Waals surface area (Å²) in [4.78, 5) is 14.5. The number of amides is 1. The number of hydrogen-bond donors (Lipinski definition) is 1. The molecule has 3 heterocycles. The molecule has 2 aliphatic heterocycles. The third-order valence-corrected chi connectivity index (χ3v) is 4.62. The number of carbonyl (C=O) groups excluding carboxylic acids is 1. The summed E-state index contributed by atoms with van der Waals surface area (Å²) in [7, 11) is 0. The van der Waals surface area contributed by atoms with E-state index in [2.05, 4.69) is 15.6 Å². The molecule has 122 valence electrons. The van der Waals surface area contributed by atoms with Crippen LogP contribution in [-0.4, -0.2) is 52.0 Å². The minimum atomic E-state index is 0. The lowest BCUT2D eigenvalue weighted by molar-refractivity contribution is 0.0775. The molecule has 0 bridgehead atoms. The number of carbonyl (C=O) groups is 1. The number of nitrogens with one attached hydrogen (secondary N) is 1. The van der Waals surface area contributed by atoms with Crippen LogP contribution in [0.25, 0.3) is 0 Å². The Labute approximate surface area is 141 Å². The molecule has 2 aromatic rings. The maximum absolute atomic E-state index is 12.5. The van der Waals surface area contributed by atoms with Crippen LogP contribution in [0, 0.1) is 11.8 Å². The largest absolute Gasteiger partial charge is 0.337 e. The minimum absolute atomic E-state index is 0. The Balaban J connectivity index is 0.00000156. The van der Waals surface area contributed by atoms with Gasteiger partial charge >= 0.3 is 0 Å². The van der Waals surface area contributed by atoms with Crippen molar-refractivity contribution in [2.24, 2.45) is 11.8 Å². The summed E-state index contributed by atoms with van der Waals surface area (Å²) in [6.45, 7) is 4.35. The lowest BCUT2D eigenvalue weighted by atomic mass is 10.0. The van der Waals surface area contributed by atoms with Gasteiger partial charge in [0.05, 0.1) is 12.7 Å². The number of aromatic nitrogens is 3. The van der Waals surface area contributed by atoms with E-state index in [0.717, 1.165) is 31.7 Å². The first-order chi connectivity index (χ1) is 10.8. The van der Waals surface area contributed by atoms with E-state index in [9.17, 15) is 4.79 Å². The van der Waals surface area contributed by atoms with Crippen molar-refractivity contribution in [1.29, 1.82) is 0 Å². The Morgan fingerprint density at radius 1 is 1.17 bits per heavy atom. The number of likely N-dealkylation sites (tertiary alicyclic amines) is 1. The zero-order valence-corrected chi connectivity index (χ0v) is 13.6. The molecule has 2 aliphatic rings. The van der Waals surface area contributed by atoms with E-state index in [1.54, 1.807) is 10.9 Å². The highest BCUT2D eigenvalue weighted by molar-refractivity contribution is 5.92. The summed E-state index contributed by atoms with van der Waals surface area (Å²) in [6.07, 6.45) is 1.75. The smallest absolute Gasteiger partial charge is 0.276 e. The molecule has 0 aliphatic carbocycles. The fourth-order valence-electron chi connectivity index (χ4n) is 3.43. The van der Waals surface area contributed by atoms with E-state index < -0.39 is 0 Å². The second-order valence-corrected chi connectivity index (χ2v) is 6.18. The van der Waals surface area contributed by atoms with Crippen LogP contribution in [0.1, 0.15) is 16.1 Å². The fraction of sp³-hybridized carbons (Fsp3) is 0.438. The van der Waals surface area contributed by atoms with Gasteiger partial charge in [0.1, 0.15) is 0 Å². The molecule has 1 N–H and O–H groups in total. The molecular formula is C16H20ClN5O. The van der Waals surface area contributed by atoms with Crippen molar-refractivity contribution in [3.05, 3.63) is 47.8 Å². The van der Waals surface area contributed by atoms with Crippen molar-refractivity contribution in [2.45, 2.75) is 6.54 Å². The Bertz CT molecular complexity index is 662. The Kier molecular flexibility index (Phi) is 4.63. The van der Waals surface area contributed by atoms with Crippen LogP contribution in [0.3, 0.4) is 0 Å². The normalized spacial score (nSPS) is 22.7. The van der Waals surface area contributed by atoms with E-state index in [-0.39, 0.29) is 18.3 Å². The fourth-order valence-corrected chi connectivity index (χ4v) is 3.43. The first-order valence-electron chi connectivity index (χ1n) is 7.73. The third kappa shape index (κ3) is 3.23. The summed E-state index contributed by atoms with van der Waals surface area (Å²) < 4.78 is 1.72. The van der Waals surface area contributed by atoms with Gasteiger partial charge < -0.3 is 10.2 Å². The Hall–Kier alpha value is -1.92. The van der Waals surface area contributed by atoms with E-state index in [1.807, 2.05) is 35.2 Å². The molecule has 0 radical (unpaired) electrons. The SMILES string of the molecule is Cl.O=C(c1cn(Cc2ccccc2)nn1)N1C[C@H]2CNC[C@H]2C1. The number of benzene rings is 1. The maximum Gasteiger partial charge on any atom is 0.276 e. The summed E-state index contributed by atoms with van der Waals surface area (Å²) in [6, 6.07) is 10.1. The number of hydrogen-bond acceptors (Lipinski definition) is 4. The molecule has 2 fully saturated rings. The van der Waals surface area contributed by atoms with Crippen LogP contribution in [0.4, 0.5) is 0 Å². The summed E-state index contributed by atoms with van der Waals surface area (Å²) in [5.41, 5.74) is 1.59. The summed E-state index contributed by atoms with van der Waals surface area (Å²) in [5, 5.41) is 11.5. The average Bonchev–Trinajstić information content (AvgIpc) is 3.22. The molecule has 6 nitrogen and oxygen atoms in total. The van der Waals surface area contributed by atoms with Gasteiger partial charge in [0.2, 0.25) is 0 Å². The first-order valence-corrected chi connectivity index (χ1v) is 7.73. The van der Waals surface area contributed by atoms with Crippen molar-refractivity contribution >= 4 is 18.3 Å². The standard InChI is InChI=1S/C16H19N5O.ClH/c22-16(20-9-13-6-17-7-14(13)10-20)15-11-21(19-18-15)8-12-4-2-1-3-5-12;/h1-5,11,13-14,17H,6-10H2;1H/t13-,14+;. The quantitative estimate of drug-likeness (QED) is 0.911. The van der Waals surface area contributed by atoms with Crippen LogP contribution < -0.4 is 5.32 Å². The van der Waals surface area contributed by atoms with Crippen LogP contribution in [0.2, 0.25) is 0 Å². The van der Waals surface area contributed by atoms with E-state index in [0.29, 0.717) is 24.1 Å². The van der Waals surface area contributed by atoms with Crippen molar-refractivity contribution in [3.8, 4) is 0 Å². The number of halogens is 1. The van der Waals surface area contributed by atoms with Crippen LogP contribution in [-0.2, 0) is 6.54 Å². The van der Waals surface area contributed by atoms with Crippen molar-refractivity contribution in [1.82, 2.24) is 25.2 Å². The van der Waals surface area contributed by atoms with E-state index in [4.69, 9.17) is 0 Å². The van der Waals surface area contributed by atoms with Gasteiger partial charge in [-0.05, 0) is 17.4 Å². The van der Waals surface area contributed by atoms with Gasteiger partial charge in [-0.3, -0.25) is 4.79 Å². The molecular weight excluding hydrogens is 314 g/mol. The van der Waals surface area contributed by atoms with E-state index >= 15 is 0 Å². The Morgan fingerprint density at radius 2 is 1.87 bits per heavy atom. The lowest BCUT2D eigenvalue weighted by Crippen LogP contribution is -2.32. The van der Waals surface area contributed by atoms with Gasteiger partial charge in [0.15, 0.2) is 5.69 Å². The molecule has 0 saturated carbocycles. The van der Waals surface area contributed by atoms with Gasteiger partial charge in [-0.25, -0.2) is 4.68 Å². The number of fused-ring (bicyclic) bond motifs is 1. The van der Waals surface area contributed by atoms with Gasteiger partial charge in [0.25, 0.3) is 5.91 Å². The van der Waals surface area contributed by atoms with Gasteiger partial charge in [0, 0.05) is 26.2 Å². The highest BCUT2D eigenvalue weighted by atomic mass is 35.5. The van der Waals surface area contributed by atoms with Gasteiger partial charge in [-0.15, -0.1) is 17.5 Å². The monoisotopic (exact) mass is 333 g/mol. The van der Waals surface area contributed by atoms with Gasteiger partial charge in [-0.1, -0.05) is 35.5 Å². The zero-order chi connectivity index (χ0) is 14.9. The Morgan fingerprint density at radius 3 is 2.57 bits per heavy atom. The minimum Gasteiger partial charge on any atom is -0.337 e. The van der Waals surface area contributed by atoms with Gasteiger partial charge in [-0.2, -0.15) is 0 Å². The maximum atomic E-state index is 12.5. The molecule has 1 aromatic carbocycles. The van der Waals surface area contributed by atoms with Crippen LogP contribution in [0.5, 0.6) is 0 Å². The molecule has 2 atom stereocenters. The molecule has 0 spiro atoms. The van der Waals surface area contributed by atoms with Crippen LogP contribution >= 0.6 is 12.4 Å². The second kappa shape index (κ2) is 6.68. The lowest BCUT2D eigenvalue weighted by Gasteiger charge is -2.15. The molecule has 2 saturated heterocycles. The van der Waals surface area contributed by atoms with Crippen molar-refractivity contribution in [2.75, 3.05) is 26.2 Å². The molecule has 7 heteroatoms.